The van der Waals surface area contributed by atoms with Gasteiger partial charge >= 0.3 is 0 Å². The van der Waals surface area contributed by atoms with Gasteiger partial charge in [0.25, 0.3) is 0 Å². The second kappa shape index (κ2) is 5.36. The van der Waals surface area contributed by atoms with Crippen LogP contribution >= 0.6 is 0 Å². The molecule has 2 N–H and O–H groups in total. The van der Waals surface area contributed by atoms with Crippen LogP contribution < -0.4 is 5.73 Å². The summed E-state index contributed by atoms with van der Waals surface area (Å²) in [5, 5.41) is 0. The minimum absolute atomic E-state index is 0.370. The van der Waals surface area contributed by atoms with E-state index in [1.807, 2.05) is 0 Å². The standard InChI is InChI=1S/C10H21N/c1-8(2)6-5-7-10(11)9(3)4/h9-10H,1,5-7,11H2,2-4H3. The van der Waals surface area contributed by atoms with Crippen molar-refractivity contribution in [2.24, 2.45) is 11.7 Å². The van der Waals surface area contributed by atoms with Crippen LogP contribution in [-0.4, -0.2) is 6.04 Å². The van der Waals surface area contributed by atoms with Crippen LogP contribution in [-0.2, 0) is 0 Å². The van der Waals surface area contributed by atoms with Crippen LogP contribution in [0.3, 0.4) is 0 Å². The molecule has 0 aliphatic heterocycles. The van der Waals surface area contributed by atoms with Gasteiger partial charge in [-0.05, 0) is 32.1 Å². The molecule has 0 radical (unpaired) electrons. The Labute approximate surface area is 70.7 Å². The number of rotatable bonds is 5. The maximum Gasteiger partial charge on any atom is 0.00620 e. The van der Waals surface area contributed by atoms with E-state index in [4.69, 9.17) is 5.73 Å². The highest BCUT2D eigenvalue weighted by Crippen LogP contribution is 2.10. The van der Waals surface area contributed by atoms with Gasteiger partial charge < -0.3 is 5.73 Å². The summed E-state index contributed by atoms with van der Waals surface area (Å²) in [6.07, 6.45) is 3.44. The van der Waals surface area contributed by atoms with E-state index in [1.54, 1.807) is 0 Å². The molecule has 0 aromatic heterocycles. The fourth-order valence-electron chi connectivity index (χ4n) is 0.973. The first kappa shape index (κ1) is 10.7. The lowest BCUT2D eigenvalue weighted by Gasteiger charge is -2.14. The average Bonchev–Trinajstić information content (AvgIpc) is 1.86. The number of nitrogens with two attached hydrogens (primary N) is 1. The highest BCUT2D eigenvalue weighted by Gasteiger charge is 2.05. The molecule has 0 aliphatic rings. The van der Waals surface area contributed by atoms with Gasteiger partial charge in [-0.25, -0.2) is 0 Å². The van der Waals surface area contributed by atoms with Crippen LogP contribution in [0.25, 0.3) is 0 Å². The van der Waals surface area contributed by atoms with Gasteiger partial charge in [0.05, 0.1) is 0 Å². The molecule has 0 spiro atoms. The SMILES string of the molecule is C=C(C)CCCC(N)C(C)C. The molecule has 11 heavy (non-hydrogen) atoms. The second-order valence-electron chi connectivity index (χ2n) is 3.76. The molecule has 0 aliphatic carbocycles. The zero-order valence-corrected chi connectivity index (χ0v) is 8.06. The first-order valence-electron chi connectivity index (χ1n) is 4.44. The van der Waals surface area contributed by atoms with Crippen LogP contribution in [0.1, 0.15) is 40.0 Å². The highest BCUT2D eigenvalue weighted by molar-refractivity contribution is 4.87. The summed E-state index contributed by atoms with van der Waals surface area (Å²) in [5.41, 5.74) is 7.14. The zero-order valence-electron chi connectivity index (χ0n) is 8.06. The van der Waals surface area contributed by atoms with E-state index < -0.39 is 0 Å². The summed E-state index contributed by atoms with van der Waals surface area (Å²) in [4.78, 5) is 0. The van der Waals surface area contributed by atoms with Crippen molar-refractivity contribution >= 4 is 0 Å². The number of hydrogen-bond donors (Lipinski definition) is 1. The van der Waals surface area contributed by atoms with Crippen molar-refractivity contribution in [1.82, 2.24) is 0 Å². The Morgan fingerprint density at radius 3 is 2.36 bits per heavy atom. The third-order valence-corrected chi connectivity index (χ3v) is 2.00. The minimum atomic E-state index is 0.370. The van der Waals surface area contributed by atoms with Crippen molar-refractivity contribution < 1.29 is 0 Å². The van der Waals surface area contributed by atoms with E-state index in [9.17, 15) is 0 Å². The predicted octanol–water partition coefficient (Wildman–Crippen LogP) is 2.72. The van der Waals surface area contributed by atoms with Crippen LogP contribution in [0.5, 0.6) is 0 Å². The fraction of sp³-hybridized carbons (Fsp3) is 0.800. The molecule has 0 saturated carbocycles. The van der Waals surface area contributed by atoms with E-state index in [2.05, 4.69) is 27.4 Å². The Bertz CT molecular complexity index is 116. The Morgan fingerprint density at radius 1 is 1.45 bits per heavy atom. The van der Waals surface area contributed by atoms with Crippen LogP contribution in [0.2, 0.25) is 0 Å². The van der Waals surface area contributed by atoms with Gasteiger partial charge in [-0.15, -0.1) is 6.58 Å². The molecule has 1 nitrogen and oxygen atoms in total. The molecule has 0 heterocycles. The molecule has 0 aromatic carbocycles. The Balaban J connectivity index is 3.31. The van der Waals surface area contributed by atoms with Gasteiger partial charge in [0.2, 0.25) is 0 Å². The molecule has 0 aromatic rings. The topological polar surface area (TPSA) is 26.0 Å². The Hall–Kier alpha value is -0.300. The molecule has 0 rings (SSSR count). The molecule has 0 amide bonds. The summed E-state index contributed by atoms with van der Waals surface area (Å²) in [6.45, 7) is 10.3. The molecule has 0 bridgehead atoms. The highest BCUT2D eigenvalue weighted by atomic mass is 14.6. The minimum Gasteiger partial charge on any atom is -0.327 e. The van der Waals surface area contributed by atoms with E-state index in [1.165, 1.54) is 12.0 Å². The van der Waals surface area contributed by atoms with Crippen molar-refractivity contribution in [3.05, 3.63) is 12.2 Å². The van der Waals surface area contributed by atoms with E-state index in [0.29, 0.717) is 12.0 Å². The largest absolute Gasteiger partial charge is 0.327 e. The van der Waals surface area contributed by atoms with Crippen LogP contribution in [0, 0.1) is 5.92 Å². The molecule has 0 saturated heterocycles. The molecule has 1 atom stereocenters. The van der Waals surface area contributed by atoms with E-state index in [-0.39, 0.29) is 0 Å². The molecule has 1 unspecified atom stereocenters. The maximum atomic E-state index is 5.87. The molecule has 0 fully saturated rings. The number of hydrogen-bond acceptors (Lipinski definition) is 1. The first-order valence-corrected chi connectivity index (χ1v) is 4.44. The van der Waals surface area contributed by atoms with Crippen molar-refractivity contribution in [3.8, 4) is 0 Å². The zero-order chi connectivity index (χ0) is 8.85. The predicted molar refractivity (Wildman–Crippen MR) is 51.5 cm³/mol. The van der Waals surface area contributed by atoms with Gasteiger partial charge in [0, 0.05) is 6.04 Å². The fourth-order valence-corrected chi connectivity index (χ4v) is 0.973. The average molecular weight is 155 g/mol. The third-order valence-electron chi connectivity index (χ3n) is 2.00. The van der Waals surface area contributed by atoms with Crippen molar-refractivity contribution in [1.29, 1.82) is 0 Å². The van der Waals surface area contributed by atoms with Gasteiger partial charge in [-0.1, -0.05) is 19.4 Å². The lowest BCUT2D eigenvalue weighted by molar-refractivity contribution is 0.452. The van der Waals surface area contributed by atoms with Gasteiger partial charge in [0.15, 0.2) is 0 Å². The quantitative estimate of drug-likeness (QED) is 0.607. The lowest BCUT2D eigenvalue weighted by Crippen LogP contribution is -2.25. The van der Waals surface area contributed by atoms with E-state index >= 15 is 0 Å². The second-order valence-corrected chi connectivity index (χ2v) is 3.76. The number of allylic oxidation sites excluding steroid dienone is 1. The monoisotopic (exact) mass is 155 g/mol. The maximum absolute atomic E-state index is 5.87. The molecule has 66 valence electrons. The van der Waals surface area contributed by atoms with E-state index in [0.717, 1.165) is 12.8 Å². The third kappa shape index (κ3) is 6.11. The normalized spacial score (nSPS) is 13.5. The molecule has 1 heteroatoms. The summed E-state index contributed by atoms with van der Waals surface area (Å²) >= 11 is 0. The summed E-state index contributed by atoms with van der Waals surface area (Å²) < 4.78 is 0. The summed E-state index contributed by atoms with van der Waals surface area (Å²) in [5.74, 6) is 0.611. The summed E-state index contributed by atoms with van der Waals surface area (Å²) in [6, 6.07) is 0.370. The Kier molecular flexibility index (Phi) is 5.22. The first-order chi connectivity index (χ1) is 5.04. The van der Waals surface area contributed by atoms with Crippen molar-refractivity contribution in [3.63, 3.8) is 0 Å². The molecular formula is C10H21N. The van der Waals surface area contributed by atoms with Gasteiger partial charge in [-0.3, -0.25) is 0 Å². The van der Waals surface area contributed by atoms with Crippen LogP contribution in [0.4, 0.5) is 0 Å². The Morgan fingerprint density at radius 2 is 2.00 bits per heavy atom. The summed E-state index contributed by atoms with van der Waals surface area (Å²) in [7, 11) is 0. The van der Waals surface area contributed by atoms with Crippen LogP contribution in [0.15, 0.2) is 12.2 Å². The lowest BCUT2D eigenvalue weighted by atomic mass is 9.98. The van der Waals surface area contributed by atoms with Gasteiger partial charge in [-0.2, -0.15) is 0 Å². The van der Waals surface area contributed by atoms with Crippen molar-refractivity contribution in [2.45, 2.75) is 46.1 Å². The molecular weight excluding hydrogens is 134 g/mol. The van der Waals surface area contributed by atoms with Crippen molar-refractivity contribution in [2.75, 3.05) is 0 Å². The van der Waals surface area contributed by atoms with Gasteiger partial charge in [0.1, 0.15) is 0 Å². The smallest absolute Gasteiger partial charge is 0.00620 e.